The average Bonchev–Trinajstić information content (AvgIpc) is 2.77. The van der Waals surface area contributed by atoms with Gasteiger partial charge in [-0.2, -0.15) is 4.99 Å². The van der Waals surface area contributed by atoms with Crippen LogP contribution in [0.1, 0.15) is 0 Å². The molecular weight excluding hydrogens is 286 g/mol. The largest absolute Gasteiger partial charge is 0.353 e. The highest BCUT2D eigenvalue weighted by Gasteiger charge is 2.15. The molecule has 0 saturated carbocycles. The Bertz CT molecular complexity index is 471. The molecular formula is C12H14ClN3S2. The van der Waals surface area contributed by atoms with Crippen molar-refractivity contribution in [2.75, 3.05) is 25.6 Å². The summed E-state index contributed by atoms with van der Waals surface area (Å²) in [6.45, 7) is 1.05. The number of rotatable bonds is 1. The maximum atomic E-state index is 5.85. The van der Waals surface area contributed by atoms with Crippen LogP contribution in [0.25, 0.3) is 0 Å². The Labute approximate surface area is 121 Å². The minimum absolute atomic E-state index is 0.719. The van der Waals surface area contributed by atoms with Gasteiger partial charge in [-0.3, -0.25) is 0 Å². The summed E-state index contributed by atoms with van der Waals surface area (Å²) in [4.78, 5) is 11.2. The van der Waals surface area contributed by atoms with Gasteiger partial charge in [0.25, 0.3) is 0 Å². The van der Waals surface area contributed by atoms with Gasteiger partial charge in [-0.25, -0.2) is 4.99 Å². The number of thioether (sulfide) groups is 2. The molecule has 18 heavy (non-hydrogen) atoms. The van der Waals surface area contributed by atoms with E-state index in [2.05, 4.69) is 21.9 Å². The molecule has 2 rings (SSSR count). The van der Waals surface area contributed by atoms with Crippen LogP contribution in [0.2, 0.25) is 5.02 Å². The zero-order valence-electron chi connectivity index (χ0n) is 10.3. The predicted octanol–water partition coefficient (Wildman–Crippen LogP) is 3.73. The molecule has 0 spiro atoms. The van der Waals surface area contributed by atoms with Crippen molar-refractivity contribution >= 4 is 51.1 Å². The maximum Gasteiger partial charge on any atom is 0.190 e. The first-order valence-electron chi connectivity index (χ1n) is 5.50. The highest BCUT2D eigenvalue weighted by molar-refractivity contribution is 8.15. The quantitative estimate of drug-likeness (QED) is 0.584. The van der Waals surface area contributed by atoms with E-state index in [9.17, 15) is 0 Å². The van der Waals surface area contributed by atoms with Crippen LogP contribution in [-0.4, -0.2) is 40.8 Å². The molecule has 1 aromatic rings. The van der Waals surface area contributed by atoms with Crippen LogP contribution in [-0.2, 0) is 0 Å². The Balaban J connectivity index is 2.20. The van der Waals surface area contributed by atoms with Crippen molar-refractivity contribution in [3.05, 3.63) is 29.3 Å². The highest BCUT2D eigenvalue weighted by atomic mass is 35.5. The highest BCUT2D eigenvalue weighted by Crippen LogP contribution is 2.21. The monoisotopic (exact) mass is 299 g/mol. The van der Waals surface area contributed by atoms with Crippen molar-refractivity contribution < 1.29 is 0 Å². The molecule has 0 amide bonds. The van der Waals surface area contributed by atoms with Crippen LogP contribution in [0.15, 0.2) is 34.3 Å². The SMILES string of the molecule is CSC(=Nc1ccc(Cl)cc1)N=C1SCCN1C. The second-order valence-electron chi connectivity index (χ2n) is 3.74. The van der Waals surface area contributed by atoms with Crippen molar-refractivity contribution in [1.29, 1.82) is 0 Å². The molecule has 0 aromatic heterocycles. The lowest BCUT2D eigenvalue weighted by Gasteiger charge is -2.09. The molecule has 96 valence electrons. The summed E-state index contributed by atoms with van der Waals surface area (Å²) in [5, 5.41) is 2.53. The summed E-state index contributed by atoms with van der Waals surface area (Å²) in [5.74, 6) is 1.10. The van der Waals surface area contributed by atoms with Gasteiger partial charge in [0.05, 0.1) is 5.69 Å². The Hall–Kier alpha value is -0.650. The molecule has 1 saturated heterocycles. The van der Waals surface area contributed by atoms with Crippen molar-refractivity contribution in [1.82, 2.24) is 4.90 Å². The number of halogens is 1. The summed E-state index contributed by atoms with van der Waals surface area (Å²) < 4.78 is 0. The van der Waals surface area contributed by atoms with Gasteiger partial charge < -0.3 is 4.90 Å². The van der Waals surface area contributed by atoms with Crippen molar-refractivity contribution in [3.8, 4) is 0 Å². The van der Waals surface area contributed by atoms with Crippen LogP contribution < -0.4 is 0 Å². The molecule has 0 bridgehead atoms. The van der Waals surface area contributed by atoms with Gasteiger partial charge in [0.2, 0.25) is 0 Å². The third-order valence-corrected chi connectivity index (χ3v) is 4.26. The molecule has 0 radical (unpaired) electrons. The fraction of sp³-hybridized carbons (Fsp3) is 0.333. The van der Waals surface area contributed by atoms with Gasteiger partial charge in [-0.1, -0.05) is 35.1 Å². The van der Waals surface area contributed by atoms with Gasteiger partial charge in [-0.05, 0) is 30.5 Å². The number of aliphatic imine (C=N–C) groups is 2. The van der Waals surface area contributed by atoms with Crippen molar-refractivity contribution in [2.45, 2.75) is 0 Å². The zero-order valence-corrected chi connectivity index (χ0v) is 12.6. The van der Waals surface area contributed by atoms with Crippen LogP contribution in [0.3, 0.4) is 0 Å². The number of benzene rings is 1. The summed E-state index contributed by atoms with van der Waals surface area (Å²) in [7, 11) is 2.05. The number of hydrogen-bond acceptors (Lipinski definition) is 3. The summed E-state index contributed by atoms with van der Waals surface area (Å²) in [6, 6.07) is 7.46. The molecule has 3 nitrogen and oxygen atoms in total. The molecule has 1 aromatic carbocycles. The number of amidine groups is 2. The van der Waals surface area contributed by atoms with Crippen LogP contribution in [0.4, 0.5) is 5.69 Å². The molecule has 0 aliphatic carbocycles. The van der Waals surface area contributed by atoms with Crippen molar-refractivity contribution in [3.63, 3.8) is 0 Å². The number of nitrogens with zero attached hydrogens (tertiary/aromatic N) is 3. The molecule has 6 heteroatoms. The van der Waals surface area contributed by atoms with E-state index in [0.717, 1.165) is 33.3 Å². The number of hydrogen-bond donors (Lipinski definition) is 0. The zero-order chi connectivity index (χ0) is 13.0. The molecule has 1 aliphatic heterocycles. The van der Waals surface area contributed by atoms with E-state index in [-0.39, 0.29) is 0 Å². The Kier molecular flexibility index (Phi) is 4.97. The molecule has 0 N–H and O–H groups in total. The first-order valence-corrected chi connectivity index (χ1v) is 8.09. The van der Waals surface area contributed by atoms with Gasteiger partial charge >= 0.3 is 0 Å². The lowest BCUT2D eigenvalue weighted by Crippen LogP contribution is -2.19. The standard InChI is InChI=1S/C12H14ClN3S2/c1-16-7-8-18-12(16)15-11(17-2)14-10-5-3-9(13)4-6-10/h3-6H,7-8H2,1-2H3. The fourth-order valence-corrected chi connectivity index (χ4v) is 2.99. The minimum Gasteiger partial charge on any atom is -0.353 e. The molecule has 1 heterocycles. The lowest BCUT2D eigenvalue weighted by atomic mass is 10.3. The minimum atomic E-state index is 0.719. The second-order valence-corrected chi connectivity index (χ2v) is 6.01. The summed E-state index contributed by atoms with van der Waals surface area (Å²) >= 11 is 9.16. The molecule has 1 aliphatic rings. The van der Waals surface area contributed by atoms with Gasteiger partial charge in [0.15, 0.2) is 10.3 Å². The molecule has 0 atom stereocenters. The van der Waals surface area contributed by atoms with E-state index in [0.29, 0.717) is 0 Å². The third-order valence-electron chi connectivity index (χ3n) is 2.41. The molecule has 1 fully saturated rings. The van der Waals surface area contributed by atoms with Gasteiger partial charge in [0, 0.05) is 24.4 Å². The maximum absolute atomic E-state index is 5.85. The predicted molar refractivity (Wildman–Crippen MR) is 84.6 cm³/mol. The molecule has 0 unspecified atom stereocenters. The van der Waals surface area contributed by atoms with Gasteiger partial charge in [-0.15, -0.1) is 0 Å². The fourth-order valence-electron chi connectivity index (χ4n) is 1.42. The van der Waals surface area contributed by atoms with E-state index in [1.54, 1.807) is 23.5 Å². The topological polar surface area (TPSA) is 28.0 Å². The van der Waals surface area contributed by atoms with Crippen molar-refractivity contribution in [2.24, 2.45) is 9.98 Å². The van der Waals surface area contributed by atoms with E-state index in [1.807, 2.05) is 30.5 Å². The summed E-state index contributed by atoms with van der Waals surface area (Å²) in [6.07, 6.45) is 1.98. The Morgan fingerprint density at radius 3 is 2.67 bits per heavy atom. The Morgan fingerprint density at radius 2 is 2.11 bits per heavy atom. The van der Waals surface area contributed by atoms with E-state index < -0.39 is 0 Å². The van der Waals surface area contributed by atoms with Crippen LogP contribution in [0.5, 0.6) is 0 Å². The second kappa shape index (κ2) is 6.50. The van der Waals surface area contributed by atoms with E-state index >= 15 is 0 Å². The van der Waals surface area contributed by atoms with Crippen LogP contribution in [0, 0.1) is 0 Å². The normalized spacial score (nSPS) is 18.7. The summed E-state index contributed by atoms with van der Waals surface area (Å²) in [5.41, 5.74) is 0.874. The van der Waals surface area contributed by atoms with E-state index in [4.69, 9.17) is 11.6 Å². The Morgan fingerprint density at radius 1 is 1.39 bits per heavy atom. The van der Waals surface area contributed by atoms with Gasteiger partial charge in [0.1, 0.15) is 0 Å². The first kappa shape index (κ1) is 13.8. The third kappa shape index (κ3) is 3.67. The first-order chi connectivity index (χ1) is 8.69. The smallest absolute Gasteiger partial charge is 0.190 e. The average molecular weight is 300 g/mol. The van der Waals surface area contributed by atoms with E-state index in [1.165, 1.54) is 0 Å². The van der Waals surface area contributed by atoms with Crippen LogP contribution >= 0.6 is 35.1 Å². The lowest BCUT2D eigenvalue weighted by molar-refractivity contribution is 0.564.